The second-order valence-electron chi connectivity index (χ2n) is 6.88. The van der Waals surface area contributed by atoms with Crippen molar-refractivity contribution in [3.63, 3.8) is 0 Å². The number of ketones is 1. The Hall–Kier alpha value is -2.75. The summed E-state index contributed by atoms with van der Waals surface area (Å²) in [6.07, 6.45) is -8.70. The van der Waals surface area contributed by atoms with E-state index >= 15 is 0 Å². The van der Waals surface area contributed by atoms with E-state index in [9.17, 15) is 36.2 Å². The van der Waals surface area contributed by atoms with Crippen molar-refractivity contribution in [1.29, 1.82) is 0 Å². The Morgan fingerprint density at radius 2 is 1.33 bits per heavy atom. The van der Waals surface area contributed by atoms with Crippen LogP contribution in [0.3, 0.4) is 0 Å². The van der Waals surface area contributed by atoms with Crippen molar-refractivity contribution in [2.75, 3.05) is 0 Å². The third-order valence-electron chi connectivity index (χ3n) is 4.90. The third-order valence-corrected chi connectivity index (χ3v) is 4.90. The maximum atomic E-state index is 12.9. The zero-order valence-electron chi connectivity index (χ0n) is 15.3. The number of benzene rings is 2. The molecule has 0 amide bonds. The first-order valence-electron chi connectivity index (χ1n) is 8.86. The maximum Gasteiger partial charge on any atom is 0.573 e. The van der Waals surface area contributed by atoms with Crippen molar-refractivity contribution < 1.29 is 45.7 Å². The zero-order valence-corrected chi connectivity index (χ0v) is 15.3. The zero-order chi connectivity index (χ0) is 22.2. The standard InChI is InChI=1S/C20H16F6O4/c21-19(22,23)29-14-7-3-12(4-8-14)17(27)16-2-1-11-18(16,28)13-5-9-15(10-6-13)30-20(24,25)26/h3-10,16,28H,1-2,11H2/t16-,18+/m1/s1. The molecular formula is C20H16F6O4. The van der Waals surface area contributed by atoms with E-state index in [1.807, 2.05) is 0 Å². The van der Waals surface area contributed by atoms with Crippen LogP contribution in [-0.2, 0) is 5.60 Å². The Morgan fingerprint density at radius 3 is 1.80 bits per heavy atom. The van der Waals surface area contributed by atoms with E-state index in [4.69, 9.17) is 0 Å². The molecule has 0 saturated heterocycles. The first kappa shape index (κ1) is 21.9. The summed E-state index contributed by atoms with van der Waals surface area (Å²) >= 11 is 0. The van der Waals surface area contributed by atoms with E-state index < -0.39 is 41.5 Å². The highest BCUT2D eigenvalue weighted by Crippen LogP contribution is 2.45. The summed E-state index contributed by atoms with van der Waals surface area (Å²) in [5, 5.41) is 11.1. The molecule has 0 heterocycles. The molecule has 0 bridgehead atoms. The third kappa shape index (κ3) is 5.05. The Kier molecular flexibility index (Phi) is 5.72. The molecule has 2 aromatic rings. The molecule has 0 radical (unpaired) electrons. The molecule has 0 aromatic heterocycles. The molecule has 0 spiro atoms. The predicted octanol–water partition coefficient (Wildman–Crippen LogP) is 5.35. The van der Waals surface area contributed by atoms with Gasteiger partial charge < -0.3 is 14.6 Å². The first-order chi connectivity index (χ1) is 13.9. The second-order valence-corrected chi connectivity index (χ2v) is 6.88. The molecule has 10 heteroatoms. The van der Waals surface area contributed by atoms with Gasteiger partial charge in [-0.05, 0) is 61.2 Å². The normalized spacial score (nSPS) is 22.0. The molecular weight excluding hydrogens is 418 g/mol. The molecule has 1 fully saturated rings. The summed E-state index contributed by atoms with van der Waals surface area (Å²) in [5.41, 5.74) is -1.27. The van der Waals surface area contributed by atoms with E-state index in [1.54, 1.807) is 0 Å². The summed E-state index contributed by atoms with van der Waals surface area (Å²) in [5.74, 6) is -2.33. The highest BCUT2D eigenvalue weighted by Gasteiger charge is 2.46. The molecule has 1 N–H and O–H groups in total. The molecule has 162 valence electrons. The molecule has 3 rings (SSSR count). The van der Waals surface area contributed by atoms with Crippen LogP contribution in [0.2, 0.25) is 0 Å². The van der Waals surface area contributed by atoms with Gasteiger partial charge in [0.1, 0.15) is 11.5 Å². The van der Waals surface area contributed by atoms with E-state index in [0.29, 0.717) is 12.8 Å². The fourth-order valence-electron chi connectivity index (χ4n) is 3.65. The number of alkyl halides is 6. The van der Waals surface area contributed by atoms with Crippen LogP contribution in [0.4, 0.5) is 26.3 Å². The average molecular weight is 434 g/mol. The van der Waals surface area contributed by atoms with Crippen molar-refractivity contribution in [3.8, 4) is 11.5 Å². The van der Waals surface area contributed by atoms with Gasteiger partial charge in [0.2, 0.25) is 0 Å². The van der Waals surface area contributed by atoms with Crippen molar-refractivity contribution >= 4 is 5.78 Å². The van der Waals surface area contributed by atoms with Crippen LogP contribution in [0, 0.1) is 5.92 Å². The quantitative estimate of drug-likeness (QED) is 0.509. The van der Waals surface area contributed by atoms with Gasteiger partial charge in [-0.25, -0.2) is 0 Å². The monoisotopic (exact) mass is 434 g/mol. The van der Waals surface area contributed by atoms with Crippen LogP contribution in [0.1, 0.15) is 35.2 Å². The smallest absolute Gasteiger partial charge is 0.406 e. The molecule has 30 heavy (non-hydrogen) atoms. The minimum Gasteiger partial charge on any atom is -0.406 e. The lowest BCUT2D eigenvalue weighted by molar-refractivity contribution is -0.275. The van der Waals surface area contributed by atoms with Crippen LogP contribution in [0.15, 0.2) is 48.5 Å². The maximum absolute atomic E-state index is 12.9. The number of ether oxygens (including phenoxy) is 2. The number of halogens is 6. The fourth-order valence-corrected chi connectivity index (χ4v) is 3.65. The highest BCUT2D eigenvalue weighted by molar-refractivity contribution is 5.99. The van der Waals surface area contributed by atoms with E-state index in [2.05, 4.69) is 9.47 Å². The van der Waals surface area contributed by atoms with Crippen LogP contribution < -0.4 is 9.47 Å². The van der Waals surface area contributed by atoms with Gasteiger partial charge in [-0.2, -0.15) is 0 Å². The molecule has 1 aliphatic rings. The van der Waals surface area contributed by atoms with Gasteiger partial charge in [0, 0.05) is 5.56 Å². The van der Waals surface area contributed by atoms with Crippen molar-refractivity contribution in [1.82, 2.24) is 0 Å². The lowest BCUT2D eigenvalue weighted by Crippen LogP contribution is -2.35. The summed E-state index contributed by atoms with van der Waals surface area (Å²) in [7, 11) is 0. The Labute approximate surface area is 167 Å². The number of Topliss-reactive ketones (excluding diaryl/α,β-unsaturated/α-hetero) is 1. The Bertz CT molecular complexity index is 889. The van der Waals surface area contributed by atoms with Crippen LogP contribution in [0.25, 0.3) is 0 Å². The summed E-state index contributed by atoms with van der Waals surface area (Å²) in [4.78, 5) is 12.9. The number of aliphatic hydroxyl groups is 1. The van der Waals surface area contributed by atoms with E-state index in [-0.39, 0.29) is 17.5 Å². The fraction of sp³-hybridized carbons (Fsp3) is 0.350. The highest BCUT2D eigenvalue weighted by atomic mass is 19.4. The Balaban J connectivity index is 1.79. The molecule has 1 aliphatic carbocycles. The number of hydrogen-bond donors (Lipinski definition) is 1. The molecule has 2 atom stereocenters. The lowest BCUT2D eigenvalue weighted by atomic mass is 9.79. The number of hydrogen-bond acceptors (Lipinski definition) is 4. The largest absolute Gasteiger partial charge is 0.573 e. The van der Waals surface area contributed by atoms with Gasteiger partial charge in [0.25, 0.3) is 0 Å². The molecule has 2 aromatic carbocycles. The lowest BCUT2D eigenvalue weighted by Gasteiger charge is -2.30. The summed E-state index contributed by atoms with van der Waals surface area (Å²) < 4.78 is 81.3. The van der Waals surface area contributed by atoms with E-state index in [0.717, 1.165) is 24.3 Å². The van der Waals surface area contributed by atoms with Gasteiger partial charge >= 0.3 is 12.7 Å². The predicted molar refractivity (Wildman–Crippen MR) is 91.8 cm³/mol. The Morgan fingerprint density at radius 1 is 0.867 bits per heavy atom. The average Bonchev–Trinajstić information content (AvgIpc) is 3.02. The second kappa shape index (κ2) is 7.82. The first-order valence-corrected chi connectivity index (χ1v) is 8.86. The summed E-state index contributed by atoms with van der Waals surface area (Å²) in [6, 6.07) is 8.94. The number of carbonyl (C=O) groups excluding carboxylic acids is 1. The van der Waals surface area contributed by atoms with Gasteiger partial charge in [-0.15, -0.1) is 26.3 Å². The minimum absolute atomic E-state index is 0.0897. The van der Waals surface area contributed by atoms with Gasteiger partial charge in [-0.3, -0.25) is 4.79 Å². The van der Waals surface area contributed by atoms with Gasteiger partial charge in [0.05, 0.1) is 11.5 Å². The van der Waals surface area contributed by atoms with Crippen molar-refractivity contribution in [2.45, 2.75) is 37.6 Å². The minimum atomic E-state index is -4.86. The molecule has 4 nitrogen and oxygen atoms in total. The van der Waals surface area contributed by atoms with Gasteiger partial charge in [-0.1, -0.05) is 12.1 Å². The number of rotatable bonds is 5. The van der Waals surface area contributed by atoms with E-state index in [1.165, 1.54) is 24.3 Å². The van der Waals surface area contributed by atoms with Crippen LogP contribution >= 0.6 is 0 Å². The molecule has 1 saturated carbocycles. The molecule has 0 aliphatic heterocycles. The topological polar surface area (TPSA) is 55.8 Å². The van der Waals surface area contributed by atoms with Crippen LogP contribution in [0.5, 0.6) is 11.5 Å². The van der Waals surface area contributed by atoms with Crippen molar-refractivity contribution in [3.05, 3.63) is 59.7 Å². The number of carbonyl (C=O) groups is 1. The molecule has 0 unspecified atom stereocenters. The SMILES string of the molecule is O=C(c1ccc(OC(F)(F)F)cc1)[C@H]1CCC[C@]1(O)c1ccc(OC(F)(F)F)cc1. The van der Waals surface area contributed by atoms with Gasteiger partial charge in [0.15, 0.2) is 5.78 Å². The summed E-state index contributed by atoms with van der Waals surface area (Å²) in [6.45, 7) is 0. The van der Waals surface area contributed by atoms with Crippen molar-refractivity contribution in [2.24, 2.45) is 5.92 Å². The van der Waals surface area contributed by atoms with Crippen LogP contribution in [-0.4, -0.2) is 23.6 Å².